The lowest BCUT2D eigenvalue weighted by molar-refractivity contribution is 0.755. The molecule has 0 aliphatic carbocycles. The van der Waals surface area contributed by atoms with E-state index in [0.717, 1.165) is 0 Å². The van der Waals surface area contributed by atoms with Gasteiger partial charge in [0.25, 0.3) is 0 Å². The zero-order valence-corrected chi connectivity index (χ0v) is 5.39. The summed E-state index contributed by atoms with van der Waals surface area (Å²) in [6.45, 7) is 0. The van der Waals surface area contributed by atoms with E-state index < -0.39 is 0 Å². The second-order valence-corrected chi connectivity index (χ2v) is 1.91. The van der Waals surface area contributed by atoms with Crippen molar-refractivity contribution in [3.05, 3.63) is 0 Å². The van der Waals surface area contributed by atoms with Crippen LogP contribution in [-0.2, 0) is 0 Å². The highest BCUT2D eigenvalue weighted by Crippen LogP contribution is 2.02. The predicted octanol–water partition coefficient (Wildman–Crippen LogP) is -1.16. The molecule has 0 radical (unpaired) electrons. The van der Waals surface area contributed by atoms with Gasteiger partial charge in [-0.05, 0) is 7.05 Å². The van der Waals surface area contributed by atoms with Crippen molar-refractivity contribution in [3.63, 3.8) is 0 Å². The molecule has 7 heavy (non-hydrogen) atoms. The fraction of sp³-hybridized carbons (Fsp3) is 1.00. The maximum Gasteiger partial charge on any atom is 0.0908 e. The largest absolute Gasteiger partial charge is 0.303 e. The molecule has 0 saturated carbocycles. The van der Waals surface area contributed by atoms with E-state index in [1.165, 1.54) is 0 Å². The van der Waals surface area contributed by atoms with E-state index in [1.807, 2.05) is 7.05 Å². The van der Waals surface area contributed by atoms with Gasteiger partial charge in [0.05, 0.1) is 12.3 Å². The van der Waals surface area contributed by atoms with E-state index in [-0.39, 0.29) is 0 Å². The number of hydrogen-bond acceptors (Lipinski definition) is 3. The first-order valence-electron chi connectivity index (χ1n) is 2.28. The second kappa shape index (κ2) is 2.05. The second-order valence-electron chi connectivity index (χ2n) is 1.58. The maximum absolute atomic E-state index is 3.12. The standard InChI is InChI=1S/C3H10N3P/c1-4-2-3(5-2)6-7/h2-6H,7H2,1H3. The Hall–Kier alpha value is 0.310. The highest BCUT2D eigenvalue weighted by atomic mass is 31.0. The average Bonchev–Trinajstić information content (AvgIpc) is 2.43. The summed E-state index contributed by atoms with van der Waals surface area (Å²) in [6, 6.07) is 0. The average molecular weight is 119 g/mol. The van der Waals surface area contributed by atoms with Crippen LogP contribution in [0.3, 0.4) is 0 Å². The van der Waals surface area contributed by atoms with Crippen molar-refractivity contribution in [2.45, 2.75) is 12.3 Å². The summed E-state index contributed by atoms with van der Waals surface area (Å²) in [5, 5.41) is 9.16. The molecule has 0 aromatic carbocycles. The summed E-state index contributed by atoms with van der Waals surface area (Å²) >= 11 is 0. The van der Waals surface area contributed by atoms with Crippen LogP contribution in [0.1, 0.15) is 0 Å². The van der Waals surface area contributed by atoms with Gasteiger partial charge in [0.1, 0.15) is 0 Å². The summed E-state index contributed by atoms with van der Waals surface area (Å²) in [5.74, 6) is 0. The smallest absolute Gasteiger partial charge is 0.0908 e. The minimum absolute atomic E-state index is 0.468. The Morgan fingerprint density at radius 2 is 2.29 bits per heavy atom. The van der Waals surface area contributed by atoms with Crippen LogP contribution < -0.4 is 15.7 Å². The lowest BCUT2D eigenvalue weighted by Crippen LogP contribution is -2.18. The van der Waals surface area contributed by atoms with Crippen LogP contribution in [-0.4, -0.2) is 19.4 Å². The summed E-state index contributed by atoms with van der Waals surface area (Å²) in [6.07, 6.45) is 0.951. The molecule has 42 valence electrons. The van der Waals surface area contributed by atoms with Crippen molar-refractivity contribution in [3.8, 4) is 0 Å². The molecule has 1 aliphatic heterocycles. The predicted molar refractivity (Wildman–Crippen MR) is 32.6 cm³/mol. The van der Waals surface area contributed by atoms with E-state index in [2.05, 4.69) is 25.1 Å². The molecule has 1 fully saturated rings. The van der Waals surface area contributed by atoms with Crippen LogP contribution in [0.25, 0.3) is 0 Å². The zero-order chi connectivity index (χ0) is 5.28. The Labute approximate surface area is 45.5 Å². The van der Waals surface area contributed by atoms with Crippen LogP contribution in [0.2, 0.25) is 0 Å². The van der Waals surface area contributed by atoms with Crippen molar-refractivity contribution in [2.75, 3.05) is 7.05 Å². The lowest BCUT2D eigenvalue weighted by atomic mass is 10.7. The third-order valence-electron chi connectivity index (χ3n) is 1.07. The van der Waals surface area contributed by atoms with Gasteiger partial charge in [-0.3, -0.25) is 10.4 Å². The molecule has 0 spiro atoms. The highest BCUT2D eigenvalue weighted by Gasteiger charge is 2.32. The van der Waals surface area contributed by atoms with Crippen LogP contribution in [0.4, 0.5) is 0 Å². The minimum atomic E-state index is 0.468. The van der Waals surface area contributed by atoms with Gasteiger partial charge in [-0.15, -0.1) is 0 Å². The molecule has 1 aliphatic rings. The van der Waals surface area contributed by atoms with Gasteiger partial charge in [-0.1, -0.05) is 9.39 Å². The van der Waals surface area contributed by atoms with E-state index in [9.17, 15) is 0 Å². The van der Waals surface area contributed by atoms with E-state index in [1.54, 1.807) is 0 Å². The van der Waals surface area contributed by atoms with E-state index in [0.29, 0.717) is 12.3 Å². The molecule has 1 heterocycles. The van der Waals surface area contributed by atoms with Crippen LogP contribution in [0.5, 0.6) is 0 Å². The van der Waals surface area contributed by atoms with Crippen LogP contribution in [0, 0.1) is 0 Å². The van der Waals surface area contributed by atoms with E-state index in [4.69, 9.17) is 0 Å². The normalized spacial score (nSPS) is 38.6. The van der Waals surface area contributed by atoms with Crippen LogP contribution >= 0.6 is 9.39 Å². The lowest BCUT2D eigenvalue weighted by Gasteiger charge is -1.87. The van der Waals surface area contributed by atoms with Gasteiger partial charge in [-0.2, -0.15) is 0 Å². The summed E-state index contributed by atoms with van der Waals surface area (Å²) in [5.41, 5.74) is 0. The SMILES string of the molecule is CNC1NC1NP. The van der Waals surface area contributed by atoms with Gasteiger partial charge in [0.15, 0.2) is 0 Å². The molecule has 1 saturated heterocycles. The molecule has 3 atom stereocenters. The van der Waals surface area contributed by atoms with Gasteiger partial charge in [0, 0.05) is 0 Å². The third kappa shape index (κ3) is 1.10. The zero-order valence-electron chi connectivity index (χ0n) is 4.23. The van der Waals surface area contributed by atoms with Crippen molar-refractivity contribution >= 4 is 9.39 Å². The first kappa shape index (κ1) is 5.45. The van der Waals surface area contributed by atoms with Crippen molar-refractivity contribution in [2.24, 2.45) is 0 Å². The molecule has 0 amide bonds. The fourth-order valence-electron chi connectivity index (χ4n) is 0.532. The number of hydrogen-bond donors (Lipinski definition) is 3. The number of nitrogens with one attached hydrogen (secondary N) is 3. The molecule has 3 N–H and O–H groups in total. The minimum Gasteiger partial charge on any atom is -0.303 e. The van der Waals surface area contributed by atoms with Crippen molar-refractivity contribution < 1.29 is 0 Å². The first-order chi connectivity index (χ1) is 3.38. The van der Waals surface area contributed by atoms with Crippen LogP contribution in [0.15, 0.2) is 0 Å². The number of likely N-dealkylation sites (N-methyl/N-ethyl adjacent to an activating group) is 1. The Morgan fingerprint density at radius 1 is 1.57 bits per heavy atom. The molecular weight excluding hydrogens is 109 g/mol. The Kier molecular flexibility index (Phi) is 1.60. The van der Waals surface area contributed by atoms with Gasteiger partial charge in [0.2, 0.25) is 0 Å². The fourth-order valence-corrected chi connectivity index (χ4v) is 0.821. The first-order valence-corrected chi connectivity index (χ1v) is 2.85. The Balaban J connectivity index is 2.06. The summed E-state index contributed by atoms with van der Waals surface area (Å²) < 4.78 is 0. The van der Waals surface area contributed by atoms with E-state index >= 15 is 0 Å². The molecule has 3 unspecified atom stereocenters. The maximum atomic E-state index is 3.12. The molecule has 4 heteroatoms. The van der Waals surface area contributed by atoms with Crippen molar-refractivity contribution in [1.82, 2.24) is 15.7 Å². The monoisotopic (exact) mass is 119 g/mol. The summed E-state index contributed by atoms with van der Waals surface area (Å²) in [4.78, 5) is 0. The quantitative estimate of drug-likeness (QED) is 0.317. The molecular formula is C3H10N3P. The highest BCUT2D eigenvalue weighted by molar-refractivity contribution is 7.13. The van der Waals surface area contributed by atoms with Gasteiger partial charge in [-0.25, -0.2) is 0 Å². The molecule has 0 aromatic heterocycles. The van der Waals surface area contributed by atoms with Gasteiger partial charge >= 0.3 is 0 Å². The molecule has 1 rings (SSSR count). The molecule has 0 aromatic rings. The topological polar surface area (TPSA) is 46.0 Å². The molecule has 3 nitrogen and oxygen atoms in total. The summed E-state index contributed by atoms with van der Waals surface area (Å²) in [7, 11) is 4.39. The molecule has 0 bridgehead atoms. The third-order valence-corrected chi connectivity index (χ3v) is 1.43. The van der Waals surface area contributed by atoms with Gasteiger partial charge < -0.3 is 5.32 Å². The number of rotatable bonds is 2. The Bertz CT molecular complexity index is 59.2. The Morgan fingerprint density at radius 3 is 2.43 bits per heavy atom. The van der Waals surface area contributed by atoms with Crippen molar-refractivity contribution in [1.29, 1.82) is 0 Å².